The molecule has 1 aliphatic rings. The van der Waals surface area contributed by atoms with Crippen LogP contribution in [0.1, 0.15) is 43.7 Å². The van der Waals surface area contributed by atoms with E-state index >= 15 is 0 Å². The van der Waals surface area contributed by atoms with Crippen molar-refractivity contribution in [2.24, 2.45) is 5.92 Å². The molecule has 0 radical (unpaired) electrons. The van der Waals surface area contributed by atoms with Gasteiger partial charge in [-0.3, -0.25) is 0 Å². The summed E-state index contributed by atoms with van der Waals surface area (Å²) in [4.78, 5) is 0. The summed E-state index contributed by atoms with van der Waals surface area (Å²) in [7, 11) is 0. The zero-order chi connectivity index (χ0) is 16.7. The van der Waals surface area contributed by atoms with Gasteiger partial charge in [-0.2, -0.15) is 12.6 Å². The van der Waals surface area contributed by atoms with E-state index in [0.717, 1.165) is 17.6 Å². The van der Waals surface area contributed by atoms with Crippen molar-refractivity contribution in [3.63, 3.8) is 0 Å². The van der Waals surface area contributed by atoms with Crippen molar-refractivity contribution in [2.75, 3.05) is 0 Å². The Morgan fingerprint density at radius 2 is 1.78 bits per heavy atom. The lowest BCUT2D eigenvalue weighted by atomic mass is 9.84. The van der Waals surface area contributed by atoms with Gasteiger partial charge in [0.15, 0.2) is 0 Å². The number of hydrogen-bond acceptors (Lipinski definition) is 1. The zero-order valence-corrected chi connectivity index (χ0v) is 14.9. The minimum Gasteiger partial charge on any atom is -0.176 e. The highest BCUT2D eigenvalue weighted by atomic mass is 32.1. The van der Waals surface area contributed by atoms with E-state index in [9.17, 15) is 0 Å². The Labute approximate surface area is 146 Å². The lowest BCUT2D eigenvalue weighted by Crippen LogP contribution is -2.15. The third-order valence-corrected chi connectivity index (χ3v) is 4.97. The molecule has 1 fully saturated rings. The van der Waals surface area contributed by atoms with Gasteiger partial charge in [0.05, 0.1) is 0 Å². The van der Waals surface area contributed by atoms with Crippen molar-refractivity contribution in [2.45, 2.75) is 44.3 Å². The van der Waals surface area contributed by atoms with Gasteiger partial charge in [0.25, 0.3) is 0 Å². The van der Waals surface area contributed by atoms with Crippen LogP contribution in [0.4, 0.5) is 0 Å². The van der Waals surface area contributed by atoms with Crippen molar-refractivity contribution >= 4 is 12.6 Å². The van der Waals surface area contributed by atoms with Gasteiger partial charge < -0.3 is 0 Å². The number of hydrogen-bond donors (Lipinski definition) is 1. The fourth-order valence-corrected chi connectivity index (χ4v) is 3.11. The lowest BCUT2D eigenvalue weighted by Gasteiger charge is -2.26. The first-order chi connectivity index (χ1) is 11.1. The van der Waals surface area contributed by atoms with Gasteiger partial charge in [0.2, 0.25) is 0 Å². The summed E-state index contributed by atoms with van der Waals surface area (Å²) >= 11 is 4.55. The van der Waals surface area contributed by atoms with Gasteiger partial charge >= 0.3 is 0 Å². The molecule has 0 amide bonds. The van der Waals surface area contributed by atoms with Crippen molar-refractivity contribution in [1.82, 2.24) is 0 Å². The van der Waals surface area contributed by atoms with Crippen LogP contribution in [0.3, 0.4) is 0 Å². The number of thiol groups is 1. The smallest absolute Gasteiger partial charge is 0.0249 e. The molecule has 0 saturated heterocycles. The van der Waals surface area contributed by atoms with Gasteiger partial charge in [-0.15, -0.1) is 0 Å². The molecule has 120 valence electrons. The topological polar surface area (TPSA) is 0 Å². The van der Waals surface area contributed by atoms with Crippen LogP contribution >= 0.6 is 12.6 Å². The number of rotatable bonds is 4. The van der Waals surface area contributed by atoms with Crippen molar-refractivity contribution in [1.29, 1.82) is 0 Å². The molecule has 0 bridgehead atoms. The molecule has 0 unspecified atom stereocenters. The molecule has 0 aromatic heterocycles. The Morgan fingerprint density at radius 3 is 2.39 bits per heavy atom. The highest BCUT2D eigenvalue weighted by Gasteiger charge is 2.19. The molecule has 0 nitrogen and oxygen atoms in total. The van der Waals surface area contributed by atoms with E-state index in [-0.39, 0.29) is 0 Å². The normalized spacial score (nSPS) is 20.8. The molecule has 0 N–H and O–H groups in total. The monoisotopic (exact) mass is 322 g/mol. The van der Waals surface area contributed by atoms with Crippen LogP contribution in [0, 0.1) is 17.8 Å². The average Bonchev–Trinajstić information content (AvgIpc) is 2.59. The maximum absolute atomic E-state index is 4.55. The summed E-state index contributed by atoms with van der Waals surface area (Å²) in [5.74, 6) is 6.88. The van der Waals surface area contributed by atoms with Gasteiger partial charge in [0.1, 0.15) is 0 Å². The molecule has 1 heteroatoms. The van der Waals surface area contributed by atoms with Crippen LogP contribution in [-0.2, 0) is 6.42 Å². The van der Waals surface area contributed by atoms with Gasteiger partial charge in [-0.25, -0.2) is 0 Å². The molecule has 0 aliphatic heterocycles. The summed E-state index contributed by atoms with van der Waals surface area (Å²) in [6, 6.07) is 8.39. The standard InChI is InChI=1S/C22H26S/c1-4-19-9-11-20(12-10-19)8-6-17(2)5-7-18(3)21-13-15-22(23)16-14-21/h5,7,9-12,21-23H,2-4,13-16H2,1H3/b7-5-. The third kappa shape index (κ3) is 5.81. The van der Waals surface area contributed by atoms with Crippen molar-refractivity contribution < 1.29 is 0 Å². The minimum absolute atomic E-state index is 0.572. The summed E-state index contributed by atoms with van der Waals surface area (Å²) in [5.41, 5.74) is 4.39. The summed E-state index contributed by atoms with van der Waals surface area (Å²) < 4.78 is 0. The fraction of sp³-hybridized carbons (Fsp3) is 0.364. The second kappa shape index (κ2) is 8.85. The largest absolute Gasteiger partial charge is 0.176 e. The summed E-state index contributed by atoms with van der Waals surface area (Å²) in [6.45, 7) is 10.4. The Balaban J connectivity index is 1.88. The SMILES string of the molecule is C=C(C#Cc1ccc(CC)cc1)/C=C\C(=C)C1CCC(S)CC1. The van der Waals surface area contributed by atoms with E-state index in [4.69, 9.17) is 0 Å². The van der Waals surface area contributed by atoms with E-state index in [2.05, 4.69) is 74.9 Å². The second-order valence-corrected chi connectivity index (χ2v) is 6.97. The molecule has 0 heterocycles. The molecule has 0 atom stereocenters. The first-order valence-electron chi connectivity index (χ1n) is 8.43. The molecular weight excluding hydrogens is 296 g/mol. The predicted molar refractivity (Wildman–Crippen MR) is 105 cm³/mol. The van der Waals surface area contributed by atoms with Gasteiger partial charge in [0, 0.05) is 16.4 Å². The first kappa shape index (κ1) is 17.7. The maximum atomic E-state index is 4.55. The predicted octanol–water partition coefficient (Wildman–Crippen LogP) is 5.76. The van der Waals surface area contributed by atoms with Crippen LogP contribution in [-0.4, -0.2) is 5.25 Å². The highest BCUT2D eigenvalue weighted by Crippen LogP contribution is 2.32. The van der Waals surface area contributed by atoms with E-state index in [1.165, 1.54) is 36.8 Å². The molecule has 1 aliphatic carbocycles. The lowest BCUT2D eigenvalue weighted by molar-refractivity contribution is 0.419. The maximum Gasteiger partial charge on any atom is 0.0249 e. The van der Waals surface area contributed by atoms with E-state index in [0.29, 0.717) is 11.2 Å². The summed E-state index contributed by atoms with van der Waals surface area (Å²) in [5, 5.41) is 0.572. The molecule has 0 spiro atoms. The van der Waals surface area contributed by atoms with E-state index in [1.54, 1.807) is 0 Å². The van der Waals surface area contributed by atoms with Crippen LogP contribution in [0.25, 0.3) is 0 Å². The molecule has 23 heavy (non-hydrogen) atoms. The Hall–Kier alpha value is -1.65. The second-order valence-electron chi connectivity index (χ2n) is 6.24. The summed E-state index contributed by atoms with van der Waals surface area (Å²) in [6.07, 6.45) is 9.90. The molecule has 1 aromatic rings. The van der Waals surface area contributed by atoms with Crippen LogP contribution < -0.4 is 0 Å². The Kier molecular flexibility index (Phi) is 6.81. The minimum atomic E-state index is 0.572. The van der Waals surface area contributed by atoms with Crippen molar-refractivity contribution in [3.05, 3.63) is 71.8 Å². The molecule has 1 saturated carbocycles. The van der Waals surface area contributed by atoms with E-state index < -0.39 is 0 Å². The highest BCUT2D eigenvalue weighted by molar-refractivity contribution is 7.80. The molecular formula is C22H26S. The average molecular weight is 323 g/mol. The van der Waals surface area contributed by atoms with Crippen LogP contribution in [0.15, 0.2) is 60.7 Å². The third-order valence-electron chi connectivity index (χ3n) is 4.45. The van der Waals surface area contributed by atoms with Crippen LogP contribution in [0.5, 0.6) is 0 Å². The van der Waals surface area contributed by atoms with E-state index in [1.807, 2.05) is 6.08 Å². The number of benzene rings is 1. The van der Waals surface area contributed by atoms with Crippen LogP contribution in [0.2, 0.25) is 0 Å². The first-order valence-corrected chi connectivity index (χ1v) is 8.95. The van der Waals surface area contributed by atoms with Crippen molar-refractivity contribution in [3.8, 4) is 11.8 Å². The molecule has 2 rings (SSSR count). The zero-order valence-electron chi connectivity index (χ0n) is 14.0. The fourth-order valence-electron chi connectivity index (χ4n) is 2.81. The number of aryl methyl sites for hydroxylation is 1. The van der Waals surface area contributed by atoms with Gasteiger partial charge in [-0.1, -0.05) is 55.7 Å². The Bertz CT molecular complexity index is 629. The Morgan fingerprint density at radius 1 is 1.13 bits per heavy atom. The van der Waals surface area contributed by atoms with Gasteiger partial charge in [-0.05, 0) is 61.8 Å². The quantitative estimate of drug-likeness (QED) is 0.407. The molecule has 1 aromatic carbocycles. The number of allylic oxidation sites excluding steroid dienone is 4.